The second-order valence-electron chi connectivity index (χ2n) is 5.13. The van der Waals surface area contributed by atoms with Gasteiger partial charge in [-0.15, -0.1) is 0 Å². The van der Waals surface area contributed by atoms with Gasteiger partial charge in [-0.2, -0.15) is 0 Å². The second kappa shape index (κ2) is 4.30. The van der Waals surface area contributed by atoms with E-state index in [4.69, 9.17) is 9.84 Å². The standard InChI is InChI=1S/C15H17NO3/c1-9-13(19-2)6-3-10-7-11-4-5-12(8-14(17)18)16(11)15(9)10/h3,6-7,12H,4-5,8H2,1-2H3,(H,17,18). The Morgan fingerprint density at radius 2 is 2.32 bits per heavy atom. The van der Waals surface area contributed by atoms with Crippen LogP contribution in [0.5, 0.6) is 5.75 Å². The van der Waals surface area contributed by atoms with Crippen LogP contribution in [-0.4, -0.2) is 22.8 Å². The molecule has 4 heteroatoms. The van der Waals surface area contributed by atoms with Gasteiger partial charge in [0, 0.05) is 22.7 Å². The fourth-order valence-electron chi connectivity index (χ4n) is 3.20. The van der Waals surface area contributed by atoms with Crippen molar-refractivity contribution >= 4 is 16.9 Å². The summed E-state index contributed by atoms with van der Waals surface area (Å²) in [5, 5.41) is 10.2. The van der Waals surface area contributed by atoms with Crippen molar-refractivity contribution in [3.05, 3.63) is 29.5 Å². The number of aliphatic carboxylic acids is 1. The molecule has 19 heavy (non-hydrogen) atoms. The number of carboxylic acids is 1. The summed E-state index contributed by atoms with van der Waals surface area (Å²) in [6.45, 7) is 2.03. The molecule has 1 aromatic carbocycles. The lowest BCUT2D eigenvalue weighted by molar-refractivity contribution is -0.137. The number of hydrogen-bond donors (Lipinski definition) is 1. The molecule has 1 aromatic heterocycles. The topological polar surface area (TPSA) is 51.5 Å². The molecule has 1 N–H and O–H groups in total. The minimum Gasteiger partial charge on any atom is -0.496 e. The molecule has 2 heterocycles. The molecule has 0 aliphatic carbocycles. The van der Waals surface area contributed by atoms with E-state index < -0.39 is 5.97 Å². The summed E-state index contributed by atoms with van der Waals surface area (Å²) < 4.78 is 7.56. The molecule has 0 radical (unpaired) electrons. The average Bonchev–Trinajstić information content (AvgIpc) is 2.89. The Balaban J connectivity index is 2.20. The Morgan fingerprint density at radius 1 is 1.53 bits per heavy atom. The van der Waals surface area contributed by atoms with Crippen molar-refractivity contribution < 1.29 is 14.6 Å². The predicted molar refractivity (Wildman–Crippen MR) is 72.8 cm³/mol. The Kier molecular flexibility index (Phi) is 2.73. The van der Waals surface area contributed by atoms with Gasteiger partial charge in [-0.25, -0.2) is 0 Å². The Hall–Kier alpha value is -1.97. The van der Waals surface area contributed by atoms with Crippen LogP contribution in [0.4, 0.5) is 0 Å². The van der Waals surface area contributed by atoms with Crippen LogP contribution in [-0.2, 0) is 11.2 Å². The van der Waals surface area contributed by atoms with E-state index in [0.29, 0.717) is 0 Å². The van der Waals surface area contributed by atoms with E-state index in [9.17, 15) is 4.79 Å². The number of carbonyl (C=O) groups is 1. The van der Waals surface area contributed by atoms with Crippen LogP contribution in [0.25, 0.3) is 10.9 Å². The number of methoxy groups -OCH3 is 1. The maximum Gasteiger partial charge on any atom is 0.305 e. The summed E-state index contributed by atoms with van der Waals surface area (Å²) in [6, 6.07) is 6.25. The van der Waals surface area contributed by atoms with Crippen LogP contribution in [0.1, 0.15) is 30.1 Å². The molecule has 0 amide bonds. The van der Waals surface area contributed by atoms with Gasteiger partial charge >= 0.3 is 5.97 Å². The molecule has 0 saturated carbocycles. The van der Waals surface area contributed by atoms with Gasteiger partial charge in [0.15, 0.2) is 0 Å². The molecule has 0 spiro atoms. The van der Waals surface area contributed by atoms with Crippen molar-refractivity contribution in [1.29, 1.82) is 0 Å². The number of aromatic nitrogens is 1. The highest BCUT2D eigenvalue weighted by atomic mass is 16.5. The third kappa shape index (κ3) is 1.79. The number of ether oxygens (including phenoxy) is 1. The first-order valence-corrected chi connectivity index (χ1v) is 6.51. The molecular weight excluding hydrogens is 242 g/mol. The Bertz CT molecular complexity index is 657. The van der Waals surface area contributed by atoms with Crippen molar-refractivity contribution in [3.8, 4) is 5.75 Å². The summed E-state index contributed by atoms with van der Waals surface area (Å²) >= 11 is 0. The van der Waals surface area contributed by atoms with Crippen molar-refractivity contribution in [2.75, 3.05) is 7.11 Å². The maximum atomic E-state index is 11.0. The SMILES string of the molecule is COc1ccc2cc3n(c2c1C)C(CC(=O)O)CC3. The van der Waals surface area contributed by atoms with E-state index in [1.807, 2.05) is 19.1 Å². The summed E-state index contributed by atoms with van der Waals surface area (Å²) in [5.74, 6) is 0.120. The molecule has 4 nitrogen and oxygen atoms in total. The molecule has 0 fully saturated rings. The lowest BCUT2D eigenvalue weighted by Gasteiger charge is -2.15. The van der Waals surface area contributed by atoms with E-state index in [-0.39, 0.29) is 12.5 Å². The summed E-state index contributed by atoms with van der Waals surface area (Å²) in [5.41, 5.74) is 3.44. The highest BCUT2D eigenvalue weighted by Crippen LogP contribution is 2.38. The fourth-order valence-corrected chi connectivity index (χ4v) is 3.20. The zero-order valence-electron chi connectivity index (χ0n) is 11.1. The molecule has 3 rings (SSSR count). The number of hydrogen-bond acceptors (Lipinski definition) is 2. The zero-order chi connectivity index (χ0) is 13.6. The fraction of sp³-hybridized carbons (Fsp3) is 0.400. The summed E-state index contributed by atoms with van der Waals surface area (Å²) in [4.78, 5) is 11.0. The van der Waals surface area contributed by atoms with Gasteiger partial charge < -0.3 is 14.4 Å². The normalized spacial score (nSPS) is 17.7. The molecule has 1 aliphatic rings. The second-order valence-corrected chi connectivity index (χ2v) is 5.13. The molecule has 0 bridgehead atoms. The number of aryl methyl sites for hydroxylation is 2. The van der Waals surface area contributed by atoms with Gasteiger partial charge in [0.05, 0.1) is 19.0 Å². The Morgan fingerprint density at radius 3 is 3.00 bits per heavy atom. The summed E-state index contributed by atoms with van der Waals surface area (Å²) in [6.07, 6.45) is 2.05. The van der Waals surface area contributed by atoms with E-state index in [2.05, 4.69) is 10.6 Å². The molecule has 100 valence electrons. The third-order valence-electron chi connectivity index (χ3n) is 4.01. The highest BCUT2D eigenvalue weighted by Gasteiger charge is 2.27. The number of benzene rings is 1. The lowest BCUT2D eigenvalue weighted by Crippen LogP contribution is -2.10. The smallest absolute Gasteiger partial charge is 0.305 e. The van der Waals surface area contributed by atoms with E-state index in [1.54, 1.807) is 7.11 Å². The maximum absolute atomic E-state index is 11.0. The van der Waals surface area contributed by atoms with Crippen LogP contribution >= 0.6 is 0 Å². The van der Waals surface area contributed by atoms with Crippen molar-refractivity contribution in [1.82, 2.24) is 4.57 Å². The monoisotopic (exact) mass is 259 g/mol. The molecule has 2 aromatic rings. The predicted octanol–water partition coefficient (Wildman–Crippen LogP) is 2.92. The first-order valence-electron chi connectivity index (χ1n) is 6.51. The molecule has 0 saturated heterocycles. The number of carboxylic acid groups (broad SMARTS) is 1. The van der Waals surface area contributed by atoms with Crippen LogP contribution in [0.2, 0.25) is 0 Å². The van der Waals surface area contributed by atoms with Crippen LogP contribution in [0.3, 0.4) is 0 Å². The molecule has 1 aliphatic heterocycles. The summed E-state index contributed by atoms with van der Waals surface area (Å²) in [7, 11) is 1.66. The van der Waals surface area contributed by atoms with Crippen molar-refractivity contribution in [3.63, 3.8) is 0 Å². The van der Waals surface area contributed by atoms with E-state index in [1.165, 1.54) is 11.1 Å². The first-order chi connectivity index (χ1) is 9.11. The van der Waals surface area contributed by atoms with Gasteiger partial charge in [-0.1, -0.05) is 0 Å². The minimum absolute atomic E-state index is 0.0656. The lowest BCUT2D eigenvalue weighted by atomic mass is 10.1. The van der Waals surface area contributed by atoms with Crippen molar-refractivity contribution in [2.24, 2.45) is 0 Å². The van der Waals surface area contributed by atoms with Crippen LogP contribution < -0.4 is 4.74 Å². The molecule has 1 atom stereocenters. The van der Waals surface area contributed by atoms with Crippen molar-refractivity contribution in [2.45, 2.75) is 32.2 Å². The van der Waals surface area contributed by atoms with Gasteiger partial charge in [0.1, 0.15) is 5.75 Å². The number of nitrogens with zero attached hydrogens (tertiary/aromatic N) is 1. The first kappa shape index (κ1) is 12.1. The number of rotatable bonds is 3. The van der Waals surface area contributed by atoms with Crippen LogP contribution in [0, 0.1) is 6.92 Å². The van der Waals surface area contributed by atoms with Gasteiger partial charge in [0.25, 0.3) is 0 Å². The van der Waals surface area contributed by atoms with Crippen LogP contribution in [0.15, 0.2) is 18.2 Å². The Labute approximate surface area is 111 Å². The van der Waals surface area contributed by atoms with E-state index in [0.717, 1.165) is 29.7 Å². The molecule has 1 unspecified atom stereocenters. The van der Waals surface area contributed by atoms with Gasteiger partial charge in [-0.3, -0.25) is 4.79 Å². The van der Waals surface area contributed by atoms with Gasteiger partial charge in [-0.05, 0) is 38.0 Å². The minimum atomic E-state index is -0.736. The van der Waals surface area contributed by atoms with E-state index >= 15 is 0 Å². The average molecular weight is 259 g/mol. The largest absolute Gasteiger partial charge is 0.496 e. The third-order valence-corrected chi connectivity index (χ3v) is 4.01. The highest BCUT2D eigenvalue weighted by molar-refractivity contribution is 5.87. The zero-order valence-corrected chi connectivity index (χ0v) is 11.1. The van der Waals surface area contributed by atoms with Gasteiger partial charge in [0.2, 0.25) is 0 Å². The number of fused-ring (bicyclic) bond motifs is 3. The molecular formula is C15H17NO3. The quantitative estimate of drug-likeness (QED) is 0.922.